The van der Waals surface area contributed by atoms with E-state index < -0.39 is 0 Å². The van der Waals surface area contributed by atoms with E-state index in [2.05, 4.69) is 12.6 Å². The largest absolute Gasteiger partial charge is 0.341 e. The summed E-state index contributed by atoms with van der Waals surface area (Å²) in [6, 6.07) is 0. The van der Waals surface area contributed by atoms with Crippen LogP contribution >= 0.6 is 12.6 Å². The Morgan fingerprint density at radius 2 is 1.62 bits per heavy atom. The number of amides is 2. The van der Waals surface area contributed by atoms with E-state index in [0.29, 0.717) is 19.6 Å². The topological polar surface area (TPSA) is 40.6 Å². The van der Waals surface area contributed by atoms with Crippen molar-refractivity contribution in [2.24, 2.45) is 0 Å². The molecular formula is C8H14N2O2S. The Bertz CT molecular complexity index is 198. The lowest BCUT2D eigenvalue weighted by Crippen LogP contribution is -2.34. The molecule has 0 bridgehead atoms. The Balaban J connectivity index is 2.48. The molecule has 4 nitrogen and oxygen atoms in total. The van der Waals surface area contributed by atoms with E-state index in [1.165, 1.54) is 0 Å². The molecular weight excluding hydrogens is 188 g/mol. The van der Waals surface area contributed by atoms with Gasteiger partial charge in [0.15, 0.2) is 0 Å². The molecule has 1 aliphatic heterocycles. The van der Waals surface area contributed by atoms with Crippen molar-refractivity contribution in [1.29, 1.82) is 0 Å². The molecule has 74 valence electrons. The molecule has 0 aromatic rings. The van der Waals surface area contributed by atoms with E-state index >= 15 is 0 Å². The van der Waals surface area contributed by atoms with Gasteiger partial charge in [-0.25, -0.2) is 0 Å². The van der Waals surface area contributed by atoms with Gasteiger partial charge in [-0.3, -0.25) is 9.59 Å². The van der Waals surface area contributed by atoms with Crippen LogP contribution in [-0.2, 0) is 4.79 Å². The summed E-state index contributed by atoms with van der Waals surface area (Å²) >= 11 is 3.75. The maximum Gasteiger partial charge on any atom is 0.278 e. The van der Waals surface area contributed by atoms with Crippen LogP contribution < -0.4 is 0 Å². The van der Waals surface area contributed by atoms with E-state index in [9.17, 15) is 9.59 Å². The lowest BCUT2D eigenvalue weighted by atomic mass is 10.4. The van der Waals surface area contributed by atoms with Gasteiger partial charge in [0.1, 0.15) is 0 Å². The van der Waals surface area contributed by atoms with Gasteiger partial charge in [-0.1, -0.05) is 12.6 Å². The van der Waals surface area contributed by atoms with Crippen LogP contribution in [0.15, 0.2) is 0 Å². The Kier molecular flexibility index (Phi) is 3.59. The standard InChI is InChI=1S/C8H14N2O2S/c1-7(11)9-3-2-4-10(6-5-9)8(12)13/h2-6H2,1H3,(H,12,13). The lowest BCUT2D eigenvalue weighted by Gasteiger charge is -2.19. The highest BCUT2D eigenvalue weighted by Gasteiger charge is 2.17. The average Bonchev–Trinajstić information content (AvgIpc) is 2.27. The molecule has 0 spiro atoms. The van der Waals surface area contributed by atoms with Crippen LogP contribution in [0.25, 0.3) is 0 Å². The molecule has 0 aliphatic carbocycles. The van der Waals surface area contributed by atoms with E-state index in [0.717, 1.165) is 13.0 Å². The average molecular weight is 202 g/mol. The highest BCUT2D eigenvalue weighted by atomic mass is 32.1. The number of thiol groups is 1. The van der Waals surface area contributed by atoms with E-state index in [1.54, 1.807) is 16.7 Å². The summed E-state index contributed by atoms with van der Waals surface area (Å²) in [7, 11) is 0. The SMILES string of the molecule is CC(=O)N1CCCN(C(=O)S)CC1. The molecule has 1 saturated heterocycles. The second-order valence-electron chi connectivity index (χ2n) is 3.13. The highest BCUT2D eigenvalue weighted by Crippen LogP contribution is 2.05. The third-order valence-electron chi connectivity index (χ3n) is 2.21. The minimum atomic E-state index is -0.203. The van der Waals surface area contributed by atoms with Crippen molar-refractivity contribution in [2.75, 3.05) is 26.2 Å². The fraction of sp³-hybridized carbons (Fsp3) is 0.750. The predicted octanol–water partition coefficient (Wildman–Crippen LogP) is 0.590. The van der Waals surface area contributed by atoms with Gasteiger partial charge in [0.2, 0.25) is 5.91 Å². The zero-order valence-electron chi connectivity index (χ0n) is 7.69. The van der Waals surface area contributed by atoms with Crippen molar-refractivity contribution in [3.8, 4) is 0 Å². The molecule has 0 unspecified atom stereocenters. The molecule has 5 heteroatoms. The summed E-state index contributed by atoms with van der Waals surface area (Å²) in [4.78, 5) is 25.4. The van der Waals surface area contributed by atoms with E-state index in [1.807, 2.05) is 0 Å². The minimum absolute atomic E-state index is 0.0773. The number of nitrogens with zero attached hydrogens (tertiary/aromatic N) is 2. The third kappa shape index (κ3) is 2.91. The summed E-state index contributed by atoms with van der Waals surface area (Å²) in [6.07, 6.45) is 0.839. The first kappa shape index (κ1) is 10.4. The molecule has 1 fully saturated rings. The molecule has 0 aromatic carbocycles. The molecule has 0 N–H and O–H groups in total. The summed E-state index contributed by atoms with van der Waals surface area (Å²) in [5.74, 6) is 0.0773. The molecule has 0 aromatic heterocycles. The van der Waals surface area contributed by atoms with Gasteiger partial charge >= 0.3 is 0 Å². The van der Waals surface area contributed by atoms with Crippen molar-refractivity contribution in [3.05, 3.63) is 0 Å². The van der Waals surface area contributed by atoms with Crippen molar-refractivity contribution in [2.45, 2.75) is 13.3 Å². The van der Waals surface area contributed by atoms with Crippen LogP contribution in [0.4, 0.5) is 4.79 Å². The number of carbonyl (C=O) groups is 2. The van der Waals surface area contributed by atoms with Crippen LogP contribution in [0.1, 0.15) is 13.3 Å². The molecule has 0 saturated carbocycles. The van der Waals surface area contributed by atoms with Crippen LogP contribution in [0.3, 0.4) is 0 Å². The van der Waals surface area contributed by atoms with Crippen LogP contribution in [-0.4, -0.2) is 47.1 Å². The number of rotatable bonds is 0. The Hall–Kier alpha value is -0.710. The lowest BCUT2D eigenvalue weighted by molar-refractivity contribution is -0.128. The van der Waals surface area contributed by atoms with Gasteiger partial charge in [-0.15, -0.1) is 0 Å². The summed E-state index contributed by atoms with van der Waals surface area (Å²) < 4.78 is 0. The first-order valence-electron chi connectivity index (χ1n) is 4.34. The molecule has 1 heterocycles. The Morgan fingerprint density at radius 3 is 2.15 bits per heavy atom. The maximum absolute atomic E-state index is 11.0. The Labute approximate surface area is 83.3 Å². The monoisotopic (exact) mass is 202 g/mol. The van der Waals surface area contributed by atoms with Crippen molar-refractivity contribution >= 4 is 23.8 Å². The zero-order chi connectivity index (χ0) is 9.84. The second-order valence-corrected chi connectivity index (χ2v) is 3.51. The van der Waals surface area contributed by atoms with E-state index in [-0.39, 0.29) is 11.1 Å². The van der Waals surface area contributed by atoms with Crippen LogP contribution in [0.2, 0.25) is 0 Å². The molecule has 1 aliphatic rings. The van der Waals surface area contributed by atoms with Gasteiger partial charge in [-0.2, -0.15) is 0 Å². The summed E-state index contributed by atoms with van der Waals surface area (Å²) in [5.41, 5.74) is 0. The quantitative estimate of drug-likeness (QED) is 0.584. The van der Waals surface area contributed by atoms with Crippen molar-refractivity contribution in [3.63, 3.8) is 0 Å². The maximum atomic E-state index is 11.0. The first-order valence-corrected chi connectivity index (χ1v) is 4.79. The fourth-order valence-electron chi connectivity index (χ4n) is 1.42. The molecule has 0 radical (unpaired) electrons. The van der Waals surface area contributed by atoms with E-state index in [4.69, 9.17) is 0 Å². The van der Waals surface area contributed by atoms with Gasteiger partial charge in [0.05, 0.1) is 0 Å². The number of carbonyl (C=O) groups excluding carboxylic acids is 2. The second kappa shape index (κ2) is 4.50. The van der Waals surface area contributed by atoms with Crippen LogP contribution in [0, 0.1) is 0 Å². The van der Waals surface area contributed by atoms with Crippen LogP contribution in [0.5, 0.6) is 0 Å². The Morgan fingerprint density at radius 1 is 1.08 bits per heavy atom. The normalized spacial score (nSPS) is 18.3. The van der Waals surface area contributed by atoms with Gasteiger partial charge < -0.3 is 9.80 Å². The summed E-state index contributed by atoms with van der Waals surface area (Å²) in [6.45, 7) is 4.22. The zero-order valence-corrected chi connectivity index (χ0v) is 8.59. The molecule has 1 rings (SSSR count). The van der Waals surface area contributed by atoms with Crippen molar-refractivity contribution < 1.29 is 9.59 Å². The highest BCUT2D eigenvalue weighted by molar-refractivity contribution is 7.96. The first-order chi connectivity index (χ1) is 6.11. The van der Waals surface area contributed by atoms with Gasteiger partial charge in [-0.05, 0) is 6.42 Å². The molecule has 0 atom stereocenters. The fourth-order valence-corrected chi connectivity index (χ4v) is 1.62. The number of hydrogen-bond donors (Lipinski definition) is 1. The van der Waals surface area contributed by atoms with Gasteiger partial charge in [0.25, 0.3) is 5.24 Å². The smallest absolute Gasteiger partial charge is 0.278 e. The van der Waals surface area contributed by atoms with Gasteiger partial charge in [0, 0.05) is 33.1 Å². The van der Waals surface area contributed by atoms with Crippen molar-refractivity contribution in [1.82, 2.24) is 9.80 Å². The minimum Gasteiger partial charge on any atom is -0.341 e. The predicted molar refractivity (Wildman–Crippen MR) is 52.8 cm³/mol. The molecule has 2 amide bonds. The number of hydrogen-bond acceptors (Lipinski definition) is 2. The summed E-state index contributed by atoms with van der Waals surface area (Å²) in [5, 5.41) is -0.203. The molecule has 13 heavy (non-hydrogen) atoms. The third-order valence-corrected chi connectivity index (χ3v) is 2.49.